The van der Waals surface area contributed by atoms with E-state index in [0.29, 0.717) is 11.5 Å². The summed E-state index contributed by atoms with van der Waals surface area (Å²) >= 11 is 1.47. The van der Waals surface area contributed by atoms with Crippen molar-refractivity contribution in [3.05, 3.63) is 41.5 Å². The van der Waals surface area contributed by atoms with Gasteiger partial charge in [-0.2, -0.15) is 4.98 Å². The molecule has 5 nitrogen and oxygen atoms in total. The molecular weight excluding hydrogens is 265 g/mol. The van der Waals surface area contributed by atoms with Crippen molar-refractivity contribution in [2.75, 3.05) is 10.7 Å². The number of halogens is 1. The summed E-state index contributed by atoms with van der Waals surface area (Å²) < 4.78 is 13.6. The number of para-hydroxylation sites is 1. The summed E-state index contributed by atoms with van der Waals surface area (Å²) in [6.45, 7) is 0. The normalized spacial score (nSPS) is 10.6. The van der Waals surface area contributed by atoms with Gasteiger partial charge in [0.15, 0.2) is 0 Å². The lowest BCUT2D eigenvalue weighted by molar-refractivity contribution is 0.632. The summed E-state index contributed by atoms with van der Waals surface area (Å²) in [5.74, 6) is 5.79. The largest absolute Gasteiger partial charge is 0.337 e. The molecule has 1 aromatic carbocycles. The lowest BCUT2D eigenvalue weighted by Gasteiger charge is -2.09. The zero-order chi connectivity index (χ0) is 13.2. The molecule has 0 amide bonds. The van der Waals surface area contributed by atoms with Gasteiger partial charge in [0.1, 0.15) is 16.5 Å². The molecule has 96 valence electrons. The minimum atomic E-state index is -0.341. The number of anilines is 3. The van der Waals surface area contributed by atoms with Gasteiger partial charge in [0, 0.05) is 0 Å². The molecule has 0 spiro atoms. The first-order chi connectivity index (χ1) is 9.28. The minimum absolute atomic E-state index is 0.286. The second-order valence-corrected chi connectivity index (χ2v) is 4.68. The molecule has 2 aromatic heterocycles. The second kappa shape index (κ2) is 4.79. The van der Waals surface area contributed by atoms with E-state index in [1.165, 1.54) is 17.4 Å². The lowest BCUT2D eigenvalue weighted by Crippen LogP contribution is -2.11. The van der Waals surface area contributed by atoms with Crippen molar-refractivity contribution in [3.8, 4) is 0 Å². The summed E-state index contributed by atoms with van der Waals surface area (Å²) in [5, 5.41) is 5.68. The van der Waals surface area contributed by atoms with Crippen LogP contribution in [0.3, 0.4) is 0 Å². The summed E-state index contributed by atoms with van der Waals surface area (Å²) in [7, 11) is 0. The number of hydrazine groups is 1. The summed E-state index contributed by atoms with van der Waals surface area (Å²) in [5.41, 5.74) is 2.76. The SMILES string of the molecule is NNc1nc(Nc2ccccc2F)c2ccsc2n1. The second-order valence-electron chi connectivity index (χ2n) is 3.78. The molecule has 4 N–H and O–H groups in total. The van der Waals surface area contributed by atoms with Crippen molar-refractivity contribution in [1.29, 1.82) is 0 Å². The average molecular weight is 275 g/mol. The van der Waals surface area contributed by atoms with Crippen LogP contribution in [0.4, 0.5) is 21.8 Å². The molecule has 0 radical (unpaired) electrons. The van der Waals surface area contributed by atoms with Gasteiger partial charge in [-0.1, -0.05) is 12.1 Å². The molecule has 0 aliphatic heterocycles. The number of fused-ring (bicyclic) bond motifs is 1. The highest BCUT2D eigenvalue weighted by Gasteiger charge is 2.10. The van der Waals surface area contributed by atoms with Crippen molar-refractivity contribution in [2.45, 2.75) is 0 Å². The first-order valence-electron chi connectivity index (χ1n) is 5.51. The van der Waals surface area contributed by atoms with Crippen LogP contribution in [0.2, 0.25) is 0 Å². The summed E-state index contributed by atoms with van der Waals surface area (Å²) in [6, 6.07) is 8.29. The Bertz CT molecular complexity index is 727. The maximum atomic E-state index is 13.6. The van der Waals surface area contributed by atoms with Crippen molar-refractivity contribution in [3.63, 3.8) is 0 Å². The van der Waals surface area contributed by atoms with Crippen LogP contribution in [0, 0.1) is 5.82 Å². The molecule has 0 aliphatic rings. The Morgan fingerprint density at radius 3 is 2.79 bits per heavy atom. The number of benzene rings is 1. The van der Waals surface area contributed by atoms with Gasteiger partial charge in [-0.05, 0) is 23.6 Å². The Morgan fingerprint density at radius 2 is 2.00 bits per heavy atom. The van der Waals surface area contributed by atoms with Gasteiger partial charge in [-0.3, -0.25) is 5.43 Å². The lowest BCUT2D eigenvalue weighted by atomic mass is 10.3. The monoisotopic (exact) mass is 275 g/mol. The topological polar surface area (TPSA) is 75.9 Å². The van der Waals surface area contributed by atoms with Crippen molar-refractivity contribution >= 4 is 39.0 Å². The van der Waals surface area contributed by atoms with E-state index in [-0.39, 0.29) is 11.8 Å². The maximum absolute atomic E-state index is 13.6. The van der Waals surface area contributed by atoms with Gasteiger partial charge in [0.05, 0.1) is 11.1 Å². The zero-order valence-corrected chi connectivity index (χ0v) is 10.5. The van der Waals surface area contributed by atoms with Gasteiger partial charge < -0.3 is 5.32 Å². The third-order valence-electron chi connectivity index (χ3n) is 2.58. The Labute approximate surface area is 112 Å². The molecule has 3 aromatic rings. The van der Waals surface area contributed by atoms with Gasteiger partial charge in [-0.15, -0.1) is 11.3 Å². The number of hydrogen-bond acceptors (Lipinski definition) is 6. The van der Waals surface area contributed by atoms with E-state index in [2.05, 4.69) is 20.7 Å². The molecule has 3 rings (SSSR count). The number of nitrogens with one attached hydrogen (secondary N) is 2. The summed E-state index contributed by atoms with van der Waals surface area (Å²) in [6.07, 6.45) is 0. The molecule has 0 fully saturated rings. The Morgan fingerprint density at radius 1 is 1.16 bits per heavy atom. The van der Waals surface area contributed by atoms with E-state index in [9.17, 15) is 4.39 Å². The van der Waals surface area contributed by atoms with E-state index in [1.807, 2.05) is 11.4 Å². The fraction of sp³-hybridized carbons (Fsp3) is 0. The molecule has 0 atom stereocenters. The molecule has 19 heavy (non-hydrogen) atoms. The van der Waals surface area contributed by atoms with Gasteiger partial charge in [-0.25, -0.2) is 15.2 Å². The Hall–Kier alpha value is -2.25. The highest BCUT2D eigenvalue weighted by Crippen LogP contribution is 2.29. The Balaban J connectivity index is 2.09. The van der Waals surface area contributed by atoms with Crippen molar-refractivity contribution in [1.82, 2.24) is 9.97 Å². The first kappa shape index (κ1) is 11.8. The molecule has 2 heterocycles. The van der Waals surface area contributed by atoms with Crippen molar-refractivity contribution in [2.24, 2.45) is 5.84 Å². The highest BCUT2D eigenvalue weighted by molar-refractivity contribution is 7.16. The molecule has 0 bridgehead atoms. The standard InChI is InChI=1S/C12H10FN5S/c13-8-3-1-2-4-9(8)15-10-7-5-6-19-11(7)17-12(16-10)18-14/h1-6H,14H2,(H2,15,16,17,18). The van der Waals surface area contributed by atoms with Gasteiger partial charge in [0.2, 0.25) is 5.95 Å². The van der Waals surface area contributed by atoms with E-state index in [4.69, 9.17) is 5.84 Å². The molecule has 0 unspecified atom stereocenters. The molecule has 0 saturated carbocycles. The maximum Gasteiger partial charge on any atom is 0.240 e. The first-order valence-corrected chi connectivity index (χ1v) is 6.39. The number of rotatable bonds is 3. The zero-order valence-electron chi connectivity index (χ0n) is 9.72. The van der Waals surface area contributed by atoms with Crippen LogP contribution in [0.5, 0.6) is 0 Å². The van der Waals surface area contributed by atoms with Gasteiger partial charge in [0.25, 0.3) is 0 Å². The fourth-order valence-electron chi connectivity index (χ4n) is 1.71. The smallest absolute Gasteiger partial charge is 0.240 e. The predicted octanol–water partition coefficient (Wildman–Crippen LogP) is 2.86. The van der Waals surface area contributed by atoms with Crippen LogP contribution < -0.4 is 16.6 Å². The van der Waals surface area contributed by atoms with E-state index >= 15 is 0 Å². The van der Waals surface area contributed by atoms with Crippen LogP contribution in [0.25, 0.3) is 10.2 Å². The number of nitrogens with zero attached hydrogens (tertiary/aromatic N) is 2. The number of hydrogen-bond donors (Lipinski definition) is 3. The number of aromatic nitrogens is 2. The van der Waals surface area contributed by atoms with Crippen LogP contribution in [-0.4, -0.2) is 9.97 Å². The molecule has 7 heteroatoms. The van der Waals surface area contributed by atoms with Crippen LogP contribution >= 0.6 is 11.3 Å². The summed E-state index contributed by atoms with van der Waals surface area (Å²) in [4.78, 5) is 9.21. The third kappa shape index (κ3) is 2.20. The average Bonchev–Trinajstić information content (AvgIpc) is 2.89. The van der Waals surface area contributed by atoms with Crippen LogP contribution in [0.15, 0.2) is 35.7 Å². The number of nitrogen functional groups attached to an aromatic ring is 1. The third-order valence-corrected chi connectivity index (χ3v) is 3.39. The quantitative estimate of drug-likeness (QED) is 0.506. The van der Waals surface area contributed by atoms with Gasteiger partial charge >= 0.3 is 0 Å². The fourth-order valence-corrected chi connectivity index (χ4v) is 2.47. The predicted molar refractivity (Wildman–Crippen MR) is 74.9 cm³/mol. The minimum Gasteiger partial charge on any atom is -0.337 e. The Kier molecular flexibility index (Phi) is 2.98. The number of thiophene rings is 1. The van der Waals surface area contributed by atoms with Crippen LogP contribution in [-0.2, 0) is 0 Å². The molecule has 0 aliphatic carbocycles. The molecular formula is C12H10FN5S. The molecule has 0 saturated heterocycles. The van der Waals surface area contributed by atoms with Crippen LogP contribution in [0.1, 0.15) is 0 Å². The van der Waals surface area contributed by atoms with E-state index < -0.39 is 0 Å². The van der Waals surface area contributed by atoms with E-state index in [1.54, 1.807) is 18.2 Å². The number of nitrogens with two attached hydrogens (primary N) is 1. The highest BCUT2D eigenvalue weighted by atomic mass is 32.1. The van der Waals surface area contributed by atoms with Crippen molar-refractivity contribution < 1.29 is 4.39 Å². The van der Waals surface area contributed by atoms with E-state index in [0.717, 1.165) is 10.2 Å².